The molecule has 0 bridgehead atoms. The van der Waals surface area contributed by atoms with Crippen LogP contribution in [0, 0.1) is 28.6 Å². The fourth-order valence-corrected chi connectivity index (χ4v) is 4.80. The van der Waals surface area contributed by atoms with Crippen molar-refractivity contribution in [3.8, 4) is 0 Å². The number of aliphatic hydroxyl groups is 1. The van der Waals surface area contributed by atoms with Gasteiger partial charge in [0.25, 0.3) is 0 Å². The number of hydrogen-bond acceptors (Lipinski definition) is 2. The molecule has 0 aromatic carbocycles. The van der Waals surface area contributed by atoms with Crippen LogP contribution in [0.2, 0.25) is 0 Å². The zero-order chi connectivity index (χ0) is 12.6. The van der Waals surface area contributed by atoms with E-state index in [9.17, 15) is 9.90 Å². The highest BCUT2D eigenvalue weighted by atomic mass is 16.3. The topological polar surface area (TPSA) is 37.3 Å². The molecule has 3 rings (SSSR count). The molecule has 0 unspecified atom stereocenters. The minimum absolute atomic E-state index is 0.140. The maximum Gasteiger partial charge on any atom is 0.159 e. The quantitative estimate of drug-likeness (QED) is 0.699. The van der Waals surface area contributed by atoms with Gasteiger partial charge in [0.15, 0.2) is 5.78 Å². The number of rotatable bonds is 0. The van der Waals surface area contributed by atoms with Gasteiger partial charge in [0.1, 0.15) is 0 Å². The summed E-state index contributed by atoms with van der Waals surface area (Å²) in [5.41, 5.74) is 1.50. The highest BCUT2D eigenvalue weighted by Crippen LogP contribution is 2.73. The summed E-state index contributed by atoms with van der Waals surface area (Å²) in [6, 6.07) is 0. The van der Waals surface area contributed by atoms with Crippen LogP contribution in [-0.4, -0.2) is 17.0 Å². The third-order valence-corrected chi connectivity index (χ3v) is 5.89. The van der Waals surface area contributed by atoms with Crippen molar-refractivity contribution in [1.29, 1.82) is 0 Å². The summed E-state index contributed by atoms with van der Waals surface area (Å²) in [7, 11) is 0. The molecule has 0 aromatic heterocycles. The van der Waals surface area contributed by atoms with E-state index in [2.05, 4.69) is 27.7 Å². The summed E-state index contributed by atoms with van der Waals surface area (Å²) in [5, 5.41) is 9.90. The van der Waals surface area contributed by atoms with E-state index < -0.39 is 0 Å². The fraction of sp³-hybridized carbons (Fsp3) is 0.800. The predicted molar refractivity (Wildman–Crippen MR) is 66.4 cm³/mol. The molecule has 17 heavy (non-hydrogen) atoms. The van der Waals surface area contributed by atoms with Crippen molar-refractivity contribution < 1.29 is 9.90 Å². The summed E-state index contributed by atoms with van der Waals surface area (Å²) in [6.45, 7) is 8.99. The van der Waals surface area contributed by atoms with Gasteiger partial charge in [-0.3, -0.25) is 4.79 Å². The van der Waals surface area contributed by atoms with Gasteiger partial charge in [-0.1, -0.05) is 33.3 Å². The van der Waals surface area contributed by atoms with Crippen LogP contribution in [0.1, 0.15) is 40.5 Å². The highest BCUT2D eigenvalue weighted by Gasteiger charge is 2.71. The zero-order valence-electron chi connectivity index (χ0n) is 11.2. The van der Waals surface area contributed by atoms with E-state index in [1.807, 2.05) is 6.08 Å². The number of fused-ring (bicyclic) bond motifs is 3. The van der Waals surface area contributed by atoms with Crippen molar-refractivity contribution in [2.75, 3.05) is 0 Å². The molecule has 94 valence electrons. The summed E-state index contributed by atoms with van der Waals surface area (Å²) in [6.07, 6.45) is 3.18. The lowest BCUT2D eigenvalue weighted by Gasteiger charge is -2.46. The molecule has 0 saturated heterocycles. The van der Waals surface area contributed by atoms with Crippen molar-refractivity contribution in [3.05, 3.63) is 11.6 Å². The summed E-state index contributed by atoms with van der Waals surface area (Å²) >= 11 is 0. The van der Waals surface area contributed by atoms with Crippen molar-refractivity contribution in [3.63, 3.8) is 0 Å². The first-order valence-corrected chi connectivity index (χ1v) is 6.72. The van der Waals surface area contributed by atoms with Gasteiger partial charge in [0.05, 0.1) is 6.10 Å². The molecule has 0 heterocycles. The van der Waals surface area contributed by atoms with Crippen molar-refractivity contribution in [2.45, 2.75) is 46.6 Å². The van der Waals surface area contributed by atoms with Crippen LogP contribution >= 0.6 is 0 Å². The maximum absolute atomic E-state index is 12.1. The van der Waals surface area contributed by atoms with Gasteiger partial charge in [-0.2, -0.15) is 0 Å². The Morgan fingerprint density at radius 2 is 2.00 bits per heavy atom. The average Bonchev–Trinajstić information content (AvgIpc) is 2.77. The Balaban J connectivity index is 2.08. The van der Waals surface area contributed by atoms with Gasteiger partial charge >= 0.3 is 0 Å². The number of hydrogen-bond donors (Lipinski definition) is 1. The van der Waals surface area contributed by atoms with Crippen LogP contribution in [0.5, 0.6) is 0 Å². The monoisotopic (exact) mass is 234 g/mol. The van der Waals surface area contributed by atoms with Crippen molar-refractivity contribution >= 4 is 5.78 Å². The first kappa shape index (κ1) is 11.5. The van der Waals surface area contributed by atoms with Crippen molar-refractivity contribution in [1.82, 2.24) is 0 Å². The zero-order valence-corrected chi connectivity index (χ0v) is 11.2. The minimum atomic E-state index is -0.254. The Hall–Kier alpha value is -0.630. The number of ketones is 1. The molecule has 3 aliphatic rings. The average molecular weight is 234 g/mol. The molecule has 0 amide bonds. The first-order valence-electron chi connectivity index (χ1n) is 6.72. The van der Waals surface area contributed by atoms with Crippen LogP contribution in [0.3, 0.4) is 0 Å². The minimum Gasteiger partial charge on any atom is -0.393 e. The second-order valence-electron chi connectivity index (χ2n) is 7.13. The Morgan fingerprint density at radius 3 is 2.65 bits per heavy atom. The molecule has 1 N–H and O–H groups in total. The summed E-state index contributed by atoms with van der Waals surface area (Å²) in [5.74, 6) is 1.49. The van der Waals surface area contributed by atoms with E-state index in [-0.39, 0.29) is 22.9 Å². The van der Waals surface area contributed by atoms with E-state index in [1.54, 1.807) is 0 Å². The van der Waals surface area contributed by atoms with Crippen LogP contribution in [-0.2, 0) is 4.79 Å². The van der Waals surface area contributed by atoms with Gasteiger partial charge in [-0.25, -0.2) is 0 Å². The summed E-state index contributed by atoms with van der Waals surface area (Å²) < 4.78 is 0. The largest absolute Gasteiger partial charge is 0.393 e. The second-order valence-corrected chi connectivity index (χ2v) is 7.13. The SMILES string of the molecule is C[C@H]1C[C@H](O)CC2=CC(=O)[C@H]3[C@H](C3(C)C)[C@@]21C. The molecule has 5 atom stereocenters. The van der Waals surface area contributed by atoms with E-state index in [1.165, 1.54) is 5.57 Å². The van der Waals surface area contributed by atoms with E-state index in [0.717, 1.165) is 6.42 Å². The van der Waals surface area contributed by atoms with Gasteiger partial charge in [0.2, 0.25) is 0 Å². The Bertz CT molecular complexity index is 421. The number of aliphatic hydroxyl groups excluding tert-OH is 1. The summed E-state index contributed by atoms with van der Waals surface area (Å²) in [4.78, 5) is 12.1. The van der Waals surface area contributed by atoms with Gasteiger partial charge in [-0.05, 0) is 41.6 Å². The van der Waals surface area contributed by atoms with Crippen LogP contribution in [0.15, 0.2) is 11.6 Å². The third kappa shape index (κ3) is 1.22. The Morgan fingerprint density at radius 1 is 1.35 bits per heavy atom. The van der Waals surface area contributed by atoms with Gasteiger partial charge < -0.3 is 5.11 Å². The third-order valence-electron chi connectivity index (χ3n) is 5.89. The predicted octanol–water partition coefficient (Wildman–Crippen LogP) is 2.56. The molecule has 0 radical (unpaired) electrons. The molecular formula is C15H22O2. The van der Waals surface area contributed by atoms with E-state index in [4.69, 9.17) is 0 Å². The van der Waals surface area contributed by atoms with Crippen molar-refractivity contribution in [2.24, 2.45) is 28.6 Å². The number of carbonyl (C=O) groups excluding carboxylic acids is 1. The number of carbonyl (C=O) groups is 1. The standard InChI is InChI=1S/C15H22O2/c1-8-5-10(16)6-9-7-11(17)12-13(14(12,2)3)15(8,9)4/h7-8,10,12-13,16H,5-6H2,1-4H3/t8-,10-,12-,13+,15+/m0/s1. The molecule has 0 aliphatic heterocycles. The maximum atomic E-state index is 12.1. The first-order chi connectivity index (χ1) is 7.79. The molecule has 2 heteroatoms. The van der Waals surface area contributed by atoms with E-state index >= 15 is 0 Å². The van der Waals surface area contributed by atoms with Crippen LogP contribution in [0.25, 0.3) is 0 Å². The molecule has 2 nitrogen and oxygen atoms in total. The smallest absolute Gasteiger partial charge is 0.159 e. The lowest BCUT2D eigenvalue weighted by atomic mass is 9.58. The van der Waals surface area contributed by atoms with Gasteiger partial charge in [-0.15, -0.1) is 0 Å². The molecule has 0 spiro atoms. The Labute approximate surface area is 103 Å². The van der Waals surface area contributed by atoms with Crippen LogP contribution in [0.4, 0.5) is 0 Å². The molecule has 0 aromatic rings. The van der Waals surface area contributed by atoms with Crippen LogP contribution < -0.4 is 0 Å². The number of allylic oxidation sites excluding steroid dienone is 1. The fourth-order valence-electron chi connectivity index (χ4n) is 4.80. The molecule has 3 aliphatic carbocycles. The lowest BCUT2D eigenvalue weighted by Crippen LogP contribution is -2.42. The normalized spacial score (nSPS) is 51.4. The molecule has 2 fully saturated rings. The Kier molecular flexibility index (Phi) is 2.04. The van der Waals surface area contributed by atoms with E-state index in [0.29, 0.717) is 24.0 Å². The molecular weight excluding hydrogens is 212 g/mol. The lowest BCUT2D eigenvalue weighted by molar-refractivity contribution is -0.117. The van der Waals surface area contributed by atoms with Gasteiger partial charge in [0, 0.05) is 5.92 Å². The highest BCUT2D eigenvalue weighted by molar-refractivity contribution is 5.97. The second kappa shape index (κ2) is 3.03. The molecule has 2 saturated carbocycles.